The second-order valence-electron chi connectivity index (χ2n) is 4.83. The topological polar surface area (TPSA) is 95.8 Å². The van der Waals surface area contributed by atoms with Crippen LogP contribution in [0.2, 0.25) is 0 Å². The molecule has 3 rings (SSSR count). The van der Waals surface area contributed by atoms with Gasteiger partial charge in [-0.1, -0.05) is 12.1 Å². The summed E-state index contributed by atoms with van der Waals surface area (Å²) < 4.78 is 0. The second kappa shape index (κ2) is 7.17. The SMILES string of the molecule is Oc1ccc(CCNc2cc(Nc3ncccn3)ncn2)cc1. The molecule has 0 fully saturated rings. The van der Waals surface area contributed by atoms with Crippen LogP contribution in [0.1, 0.15) is 5.56 Å². The first-order valence-corrected chi connectivity index (χ1v) is 7.17. The fraction of sp³-hybridized carbons (Fsp3) is 0.125. The van der Waals surface area contributed by atoms with Crippen LogP contribution in [0.15, 0.2) is 55.1 Å². The maximum Gasteiger partial charge on any atom is 0.228 e. The normalized spacial score (nSPS) is 10.3. The summed E-state index contributed by atoms with van der Waals surface area (Å²) in [5, 5.41) is 15.5. The minimum atomic E-state index is 0.274. The molecule has 0 radical (unpaired) electrons. The molecule has 3 N–H and O–H groups in total. The Bertz CT molecular complexity index is 748. The van der Waals surface area contributed by atoms with Crippen LogP contribution in [0.25, 0.3) is 0 Å². The second-order valence-corrected chi connectivity index (χ2v) is 4.83. The largest absolute Gasteiger partial charge is 0.508 e. The van der Waals surface area contributed by atoms with Crippen molar-refractivity contribution in [3.63, 3.8) is 0 Å². The predicted molar refractivity (Wildman–Crippen MR) is 87.6 cm³/mol. The Morgan fingerprint density at radius 2 is 1.65 bits per heavy atom. The van der Waals surface area contributed by atoms with Gasteiger partial charge in [-0.05, 0) is 30.2 Å². The third-order valence-electron chi connectivity index (χ3n) is 3.13. The lowest BCUT2D eigenvalue weighted by Gasteiger charge is -2.08. The Morgan fingerprint density at radius 1 is 0.913 bits per heavy atom. The predicted octanol–water partition coefficient (Wildman–Crippen LogP) is 2.37. The van der Waals surface area contributed by atoms with Crippen molar-refractivity contribution >= 4 is 17.6 Å². The summed E-state index contributed by atoms with van der Waals surface area (Å²) in [4.78, 5) is 16.5. The van der Waals surface area contributed by atoms with Crippen molar-refractivity contribution in [2.24, 2.45) is 0 Å². The fourth-order valence-corrected chi connectivity index (χ4v) is 2.00. The molecule has 0 saturated heterocycles. The number of phenolic OH excluding ortho intramolecular Hbond substituents is 1. The lowest BCUT2D eigenvalue weighted by atomic mass is 10.1. The molecule has 7 heteroatoms. The Kier molecular flexibility index (Phi) is 4.58. The van der Waals surface area contributed by atoms with Crippen LogP contribution in [0.5, 0.6) is 5.75 Å². The van der Waals surface area contributed by atoms with Gasteiger partial charge < -0.3 is 15.7 Å². The highest BCUT2D eigenvalue weighted by Crippen LogP contribution is 2.13. The highest BCUT2D eigenvalue weighted by atomic mass is 16.3. The molecule has 0 aliphatic rings. The number of nitrogens with one attached hydrogen (secondary N) is 2. The van der Waals surface area contributed by atoms with Gasteiger partial charge in [-0.15, -0.1) is 0 Å². The number of hydrogen-bond acceptors (Lipinski definition) is 7. The Balaban J connectivity index is 1.56. The zero-order valence-corrected chi connectivity index (χ0v) is 12.3. The summed E-state index contributed by atoms with van der Waals surface area (Å²) in [6.45, 7) is 0.725. The maximum atomic E-state index is 9.26. The number of rotatable bonds is 6. The highest BCUT2D eigenvalue weighted by molar-refractivity contribution is 5.52. The van der Waals surface area contributed by atoms with Crippen LogP contribution in [0.4, 0.5) is 17.6 Å². The zero-order chi connectivity index (χ0) is 15.9. The molecular weight excluding hydrogens is 292 g/mol. The zero-order valence-electron chi connectivity index (χ0n) is 12.3. The van der Waals surface area contributed by atoms with Gasteiger partial charge >= 0.3 is 0 Å². The third-order valence-corrected chi connectivity index (χ3v) is 3.13. The van der Waals surface area contributed by atoms with Crippen LogP contribution < -0.4 is 10.6 Å². The molecule has 0 spiro atoms. The van der Waals surface area contributed by atoms with E-state index < -0.39 is 0 Å². The van der Waals surface area contributed by atoms with Gasteiger partial charge in [0.25, 0.3) is 0 Å². The van der Waals surface area contributed by atoms with Gasteiger partial charge in [-0.25, -0.2) is 19.9 Å². The minimum absolute atomic E-state index is 0.274. The van der Waals surface area contributed by atoms with Crippen molar-refractivity contribution in [3.8, 4) is 5.75 Å². The summed E-state index contributed by atoms with van der Waals surface area (Å²) in [6, 6.07) is 10.7. The van der Waals surface area contributed by atoms with Crippen molar-refractivity contribution in [2.75, 3.05) is 17.2 Å². The van der Waals surface area contributed by atoms with Crippen molar-refractivity contribution in [1.29, 1.82) is 0 Å². The molecule has 0 saturated carbocycles. The van der Waals surface area contributed by atoms with Gasteiger partial charge in [0.05, 0.1) is 0 Å². The number of phenols is 1. The fourth-order valence-electron chi connectivity index (χ4n) is 2.00. The van der Waals surface area contributed by atoms with Crippen LogP contribution in [0.3, 0.4) is 0 Å². The van der Waals surface area contributed by atoms with Crippen molar-refractivity contribution in [1.82, 2.24) is 19.9 Å². The molecule has 0 bridgehead atoms. The van der Waals surface area contributed by atoms with E-state index in [0.717, 1.165) is 24.3 Å². The van der Waals surface area contributed by atoms with E-state index >= 15 is 0 Å². The third kappa shape index (κ3) is 4.37. The quantitative estimate of drug-likeness (QED) is 0.643. The number of anilines is 3. The molecule has 0 aliphatic carbocycles. The number of aromatic hydroxyl groups is 1. The van der Waals surface area contributed by atoms with E-state index in [1.54, 1.807) is 36.7 Å². The average molecular weight is 308 g/mol. The summed E-state index contributed by atoms with van der Waals surface area (Å²) in [6.07, 6.45) is 5.63. The summed E-state index contributed by atoms with van der Waals surface area (Å²) in [5.41, 5.74) is 1.14. The number of hydrogen-bond donors (Lipinski definition) is 3. The molecule has 0 aliphatic heterocycles. The van der Waals surface area contributed by atoms with E-state index in [4.69, 9.17) is 0 Å². The summed E-state index contributed by atoms with van der Waals surface area (Å²) >= 11 is 0. The Hall–Kier alpha value is -3.22. The lowest BCUT2D eigenvalue weighted by molar-refractivity contribution is 0.475. The first-order chi connectivity index (χ1) is 11.3. The van der Waals surface area contributed by atoms with Crippen molar-refractivity contribution in [3.05, 3.63) is 60.7 Å². The van der Waals surface area contributed by atoms with Gasteiger partial charge in [0.2, 0.25) is 5.95 Å². The van der Waals surface area contributed by atoms with Crippen molar-refractivity contribution < 1.29 is 5.11 Å². The molecular formula is C16H16N6O. The van der Waals surface area contributed by atoms with Crippen LogP contribution in [-0.2, 0) is 6.42 Å². The average Bonchev–Trinajstić information content (AvgIpc) is 2.58. The smallest absolute Gasteiger partial charge is 0.228 e. The molecule has 2 aromatic heterocycles. The van der Waals surface area contributed by atoms with Crippen LogP contribution >= 0.6 is 0 Å². The van der Waals surface area contributed by atoms with E-state index in [1.807, 2.05) is 12.1 Å². The minimum Gasteiger partial charge on any atom is -0.508 e. The molecule has 0 unspecified atom stereocenters. The molecule has 1 aromatic carbocycles. The standard InChI is InChI=1S/C16H16N6O/c23-13-4-2-12(3-5-13)6-9-17-14-10-15(21-11-20-14)22-16-18-7-1-8-19-16/h1-5,7-8,10-11,23H,6,9H2,(H2,17,18,19,20,21,22). The van der Waals surface area contributed by atoms with Crippen LogP contribution in [-0.4, -0.2) is 31.6 Å². The first kappa shape index (κ1) is 14.7. The van der Waals surface area contributed by atoms with Gasteiger partial charge in [-0.2, -0.15) is 0 Å². The molecule has 23 heavy (non-hydrogen) atoms. The molecule has 0 amide bonds. The van der Waals surface area contributed by atoms with E-state index in [0.29, 0.717) is 11.8 Å². The molecule has 3 aromatic rings. The van der Waals surface area contributed by atoms with Gasteiger partial charge in [0.1, 0.15) is 23.7 Å². The van der Waals surface area contributed by atoms with Gasteiger partial charge in [-0.3, -0.25) is 0 Å². The first-order valence-electron chi connectivity index (χ1n) is 7.17. The number of aromatic nitrogens is 4. The van der Waals surface area contributed by atoms with Gasteiger partial charge in [0.15, 0.2) is 0 Å². The van der Waals surface area contributed by atoms with Gasteiger partial charge in [0, 0.05) is 25.0 Å². The van der Waals surface area contributed by atoms with E-state index in [-0.39, 0.29) is 5.75 Å². The maximum absolute atomic E-state index is 9.26. The Labute approximate surface area is 133 Å². The Morgan fingerprint density at radius 3 is 2.43 bits per heavy atom. The van der Waals surface area contributed by atoms with E-state index in [9.17, 15) is 5.11 Å². The number of nitrogens with zero attached hydrogens (tertiary/aromatic N) is 4. The van der Waals surface area contributed by atoms with Crippen LogP contribution in [0, 0.1) is 0 Å². The number of benzene rings is 1. The molecule has 2 heterocycles. The lowest BCUT2D eigenvalue weighted by Crippen LogP contribution is -2.07. The summed E-state index contributed by atoms with van der Waals surface area (Å²) in [5.74, 6) is 2.10. The molecule has 7 nitrogen and oxygen atoms in total. The molecule has 116 valence electrons. The van der Waals surface area contributed by atoms with Crippen molar-refractivity contribution in [2.45, 2.75) is 6.42 Å². The molecule has 0 atom stereocenters. The van der Waals surface area contributed by atoms with E-state index in [1.165, 1.54) is 6.33 Å². The van der Waals surface area contributed by atoms with E-state index in [2.05, 4.69) is 30.6 Å². The highest BCUT2D eigenvalue weighted by Gasteiger charge is 2.01. The summed E-state index contributed by atoms with van der Waals surface area (Å²) in [7, 11) is 0. The monoisotopic (exact) mass is 308 g/mol.